The van der Waals surface area contributed by atoms with E-state index in [2.05, 4.69) is 68.2 Å². The second kappa shape index (κ2) is 10.9. The SMILES string of the molecule is CCCCC1CCC(/C=C/C#C/C=C/c2ccc(CC)cc2)CC1. The number of benzene rings is 1. The Kier molecular flexibility index (Phi) is 8.47. The lowest BCUT2D eigenvalue weighted by Crippen LogP contribution is -2.12. The molecule has 0 nitrogen and oxygen atoms in total. The van der Waals surface area contributed by atoms with Crippen LogP contribution in [0.2, 0.25) is 0 Å². The molecule has 0 bridgehead atoms. The average molecular weight is 321 g/mol. The zero-order chi connectivity index (χ0) is 17.0. The van der Waals surface area contributed by atoms with Gasteiger partial charge in [-0.1, -0.05) is 75.3 Å². The van der Waals surface area contributed by atoms with Gasteiger partial charge >= 0.3 is 0 Å². The average Bonchev–Trinajstić information content (AvgIpc) is 2.64. The predicted octanol–water partition coefficient (Wildman–Crippen LogP) is 6.82. The third-order valence-electron chi connectivity index (χ3n) is 5.14. The fraction of sp³-hybridized carbons (Fsp3) is 0.500. The van der Waals surface area contributed by atoms with Gasteiger partial charge in [0.15, 0.2) is 0 Å². The maximum absolute atomic E-state index is 3.15. The van der Waals surface area contributed by atoms with E-state index in [-0.39, 0.29) is 0 Å². The highest BCUT2D eigenvalue weighted by atomic mass is 14.2. The van der Waals surface area contributed by atoms with Crippen molar-refractivity contribution in [3.05, 3.63) is 53.6 Å². The van der Waals surface area contributed by atoms with Gasteiger partial charge in [0.25, 0.3) is 0 Å². The van der Waals surface area contributed by atoms with Gasteiger partial charge in [-0.25, -0.2) is 0 Å². The van der Waals surface area contributed by atoms with E-state index in [4.69, 9.17) is 0 Å². The van der Waals surface area contributed by atoms with Crippen LogP contribution in [-0.4, -0.2) is 0 Å². The predicted molar refractivity (Wildman–Crippen MR) is 107 cm³/mol. The highest BCUT2D eigenvalue weighted by Gasteiger charge is 2.18. The molecule has 0 aliphatic heterocycles. The maximum Gasteiger partial charge on any atom is -0.0109 e. The van der Waals surface area contributed by atoms with Gasteiger partial charge in [0.05, 0.1) is 0 Å². The second-order valence-corrected chi connectivity index (χ2v) is 7.00. The molecule has 1 aliphatic carbocycles. The Labute approximate surface area is 149 Å². The van der Waals surface area contributed by atoms with Crippen LogP contribution in [0.4, 0.5) is 0 Å². The summed E-state index contributed by atoms with van der Waals surface area (Å²) < 4.78 is 0. The van der Waals surface area contributed by atoms with Crippen LogP contribution >= 0.6 is 0 Å². The van der Waals surface area contributed by atoms with Crippen molar-refractivity contribution in [1.82, 2.24) is 0 Å². The summed E-state index contributed by atoms with van der Waals surface area (Å²) in [6.07, 6.45) is 19.2. The normalized spacial score (nSPS) is 21.1. The van der Waals surface area contributed by atoms with Crippen molar-refractivity contribution in [1.29, 1.82) is 0 Å². The first kappa shape index (κ1) is 18.6. The molecule has 0 unspecified atom stereocenters. The number of unbranched alkanes of at least 4 members (excludes halogenated alkanes) is 1. The maximum atomic E-state index is 3.15. The summed E-state index contributed by atoms with van der Waals surface area (Å²) in [6, 6.07) is 8.68. The Bertz CT molecular complexity index is 569. The monoisotopic (exact) mass is 320 g/mol. The van der Waals surface area contributed by atoms with Crippen LogP contribution in [0.3, 0.4) is 0 Å². The Hall–Kier alpha value is -1.74. The summed E-state index contributed by atoms with van der Waals surface area (Å²) in [7, 11) is 0. The zero-order valence-electron chi connectivity index (χ0n) is 15.4. The van der Waals surface area contributed by atoms with Crippen molar-refractivity contribution in [3.8, 4) is 11.8 Å². The van der Waals surface area contributed by atoms with Crippen molar-refractivity contribution >= 4 is 6.08 Å². The molecule has 0 radical (unpaired) electrons. The van der Waals surface area contributed by atoms with Crippen LogP contribution in [0.15, 0.2) is 42.5 Å². The molecular formula is C24H32. The molecule has 0 aromatic heterocycles. The van der Waals surface area contributed by atoms with E-state index in [0.29, 0.717) is 0 Å². The number of allylic oxidation sites excluding steroid dienone is 3. The van der Waals surface area contributed by atoms with Gasteiger partial charge in [-0.15, -0.1) is 0 Å². The van der Waals surface area contributed by atoms with Crippen LogP contribution in [0.5, 0.6) is 0 Å². The molecule has 24 heavy (non-hydrogen) atoms. The van der Waals surface area contributed by atoms with Gasteiger partial charge in [-0.05, 0) is 73.3 Å². The lowest BCUT2D eigenvalue weighted by atomic mass is 9.80. The van der Waals surface area contributed by atoms with E-state index in [1.807, 2.05) is 6.08 Å². The molecule has 0 heteroatoms. The molecule has 0 atom stereocenters. The van der Waals surface area contributed by atoms with Crippen LogP contribution in [0.25, 0.3) is 6.08 Å². The largest absolute Gasteiger partial charge is 0.0730 e. The molecule has 1 fully saturated rings. The van der Waals surface area contributed by atoms with E-state index in [1.165, 1.54) is 56.1 Å². The Morgan fingerprint density at radius 2 is 1.67 bits per heavy atom. The Balaban J connectivity index is 1.70. The summed E-state index contributed by atoms with van der Waals surface area (Å²) in [6.45, 7) is 4.47. The third-order valence-corrected chi connectivity index (χ3v) is 5.14. The van der Waals surface area contributed by atoms with E-state index < -0.39 is 0 Å². The first-order valence-electron chi connectivity index (χ1n) is 9.75. The third kappa shape index (κ3) is 6.79. The lowest BCUT2D eigenvalue weighted by Gasteiger charge is -2.26. The number of aryl methyl sites for hydroxylation is 1. The summed E-state index contributed by atoms with van der Waals surface area (Å²) in [5, 5.41) is 0. The molecule has 0 heterocycles. The van der Waals surface area contributed by atoms with Crippen molar-refractivity contribution in [2.24, 2.45) is 11.8 Å². The first-order chi connectivity index (χ1) is 11.8. The minimum Gasteiger partial charge on any atom is -0.0730 e. The summed E-state index contributed by atoms with van der Waals surface area (Å²) >= 11 is 0. The van der Waals surface area contributed by atoms with Crippen molar-refractivity contribution < 1.29 is 0 Å². The number of hydrogen-bond acceptors (Lipinski definition) is 0. The molecule has 1 aromatic carbocycles. The highest BCUT2D eigenvalue weighted by Crippen LogP contribution is 2.32. The van der Waals surface area contributed by atoms with E-state index >= 15 is 0 Å². The van der Waals surface area contributed by atoms with Crippen molar-refractivity contribution in [2.75, 3.05) is 0 Å². The van der Waals surface area contributed by atoms with Gasteiger partial charge < -0.3 is 0 Å². The molecule has 0 N–H and O–H groups in total. The quantitative estimate of drug-likeness (QED) is 0.504. The molecule has 0 amide bonds. The number of rotatable bonds is 6. The topological polar surface area (TPSA) is 0 Å². The van der Waals surface area contributed by atoms with Gasteiger partial charge in [-0.3, -0.25) is 0 Å². The van der Waals surface area contributed by atoms with E-state index in [9.17, 15) is 0 Å². The van der Waals surface area contributed by atoms with Crippen LogP contribution in [-0.2, 0) is 6.42 Å². The van der Waals surface area contributed by atoms with Gasteiger partial charge in [-0.2, -0.15) is 0 Å². The molecule has 1 saturated carbocycles. The standard InChI is InChI=1S/C24H32/c1-3-5-10-22-17-19-24(20-18-22)12-9-7-6-8-11-23-15-13-21(4-2)14-16-23/h8-9,11-16,22,24H,3-5,10,17-20H2,1-2H3/b11-8+,12-9+. The van der Waals surface area contributed by atoms with Crippen molar-refractivity contribution in [2.45, 2.75) is 65.2 Å². The minimum atomic E-state index is 0.753. The van der Waals surface area contributed by atoms with Gasteiger partial charge in [0.2, 0.25) is 0 Å². The molecule has 1 aromatic rings. The first-order valence-corrected chi connectivity index (χ1v) is 9.75. The van der Waals surface area contributed by atoms with Crippen molar-refractivity contribution in [3.63, 3.8) is 0 Å². The van der Waals surface area contributed by atoms with Crippen LogP contribution < -0.4 is 0 Å². The summed E-state index contributed by atoms with van der Waals surface area (Å²) in [4.78, 5) is 0. The second-order valence-electron chi connectivity index (χ2n) is 7.00. The molecule has 128 valence electrons. The summed E-state index contributed by atoms with van der Waals surface area (Å²) in [5.41, 5.74) is 2.60. The van der Waals surface area contributed by atoms with Crippen LogP contribution in [0.1, 0.15) is 69.9 Å². The fourth-order valence-corrected chi connectivity index (χ4v) is 3.44. The fourth-order valence-electron chi connectivity index (χ4n) is 3.44. The van der Waals surface area contributed by atoms with Crippen LogP contribution in [0, 0.1) is 23.7 Å². The molecule has 2 rings (SSSR count). The smallest absolute Gasteiger partial charge is 0.0109 e. The summed E-state index contributed by atoms with van der Waals surface area (Å²) in [5.74, 6) is 8.02. The molecule has 0 spiro atoms. The highest BCUT2D eigenvalue weighted by molar-refractivity contribution is 5.53. The lowest BCUT2D eigenvalue weighted by molar-refractivity contribution is 0.291. The molecule has 0 saturated heterocycles. The number of hydrogen-bond donors (Lipinski definition) is 0. The molecule has 1 aliphatic rings. The van der Waals surface area contributed by atoms with E-state index in [1.54, 1.807) is 0 Å². The Morgan fingerprint density at radius 1 is 0.958 bits per heavy atom. The molecular weight excluding hydrogens is 288 g/mol. The van der Waals surface area contributed by atoms with Gasteiger partial charge in [0, 0.05) is 0 Å². The zero-order valence-corrected chi connectivity index (χ0v) is 15.4. The van der Waals surface area contributed by atoms with Gasteiger partial charge in [0.1, 0.15) is 0 Å². The van der Waals surface area contributed by atoms with E-state index in [0.717, 1.165) is 18.3 Å². The minimum absolute atomic E-state index is 0.753. The Morgan fingerprint density at radius 3 is 2.33 bits per heavy atom.